The Hall–Kier alpha value is -2.29. The first kappa shape index (κ1) is 22.4. The number of nitrogens with zero attached hydrogens (tertiary/aromatic N) is 1. The SMILES string of the molecule is CC(NCC(=O)N1c2ccccc2NC(=O)CC1C(F)(F)F)c1ccc(Cl)c(Cl)c1. The molecule has 2 atom stereocenters. The molecule has 0 aromatic heterocycles. The molecule has 0 fully saturated rings. The number of nitrogens with one attached hydrogen (secondary N) is 2. The second-order valence-electron chi connectivity index (χ2n) is 6.87. The van der Waals surface area contributed by atoms with Gasteiger partial charge in [-0.05, 0) is 36.8 Å². The molecular weight excluding hydrogens is 442 g/mol. The minimum absolute atomic E-state index is 0.000310. The van der Waals surface area contributed by atoms with E-state index in [-0.39, 0.29) is 24.0 Å². The van der Waals surface area contributed by atoms with Gasteiger partial charge in [0.15, 0.2) is 0 Å². The average Bonchev–Trinajstić information content (AvgIpc) is 2.83. The zero-order valence-corrected chi connectivity index (χ0v) is 17.3. The second-order valence-corrected chi connectivity index (χ2v) is 7.68. The molecule has 0 saturated carbocycles. The largest absolute Gasteiger partial charge is 0.409 e. The number of halogens is 5. The molecule has 10 heteroatoms. The highest BCUT2D eigenvalue weighted by atomic mass is 35.5. The molecule has 2 amide bonds. The lowest BCUT2D eigenvalue weighted by atomic mass is 10.1. The molecule has 2 aromatic carbocycles. The van der Waals surface area contributed by atoms with Crippen molar-refractivity contribution in [1.29, 1.82) is 0 Å². The van der Waals surface area contributed by atoms with Crippen LogP contribution in [-0.2, 0) is 9.59 Å². The van der Waals surface area contributed by atoms with Crippen molar-refractivity contribution in [2.24, 2.45) is 0 Å². The summed E-state index contributed by atoms with van der Waals surface area (Å²) in [6.45, 7) is 1.37. The minimum atomic E-state index is -4.78. The molecule has 2 aromatic rings. The molecule has 0 aliphatic carbocycles. The van der Waals surface area contributed by atoms with Gasteiger partial charge < -0.3 is 10.6 Å². The fourth-order valence-electron chi connectivity index (χ4n) is 3.22. The molecule has 5 nitrogen and oxygen atoms in total. The summed E-state index contributed by atoms with van der Waals surface area (Å²) in [4.78, 5) is 25.5. The van der Waals surface area contributed by atoms with E-state index in [2.05, 4.69) is 10.6 Å². The molecule has 0 radical (unpaired) electrons. The fraction of sp³-hybridized carbons (Fsp3) is 0.300. The Labute approximate surface area is 181 Å². The van der Waals surface area contributed by atoms with Gasteiger partial charge in [0, 0.05) is 6.04 Å². The number of carbonyl (C=O) groups is 2. The predicted octanol–water partition coefficient (Wildman–Crippen LogP) is 4.95. The van der Waals surface area contributed by atoms with Gasteiger partial charge in [-0.2, -0.15) is 13.2 Å². The zero-order chi connectivity index (χ0) is 22.1. The number of amides is 2. The van der Waals surface area contributed by atoms with Crippen LogP contribution in [0.4, 0.5) is 24.5 Å². The van der Waals surface area contributed by atoms with Gasteiger partial charge in [-0.1, -0.05) is 41.4 Å². The molecule has 0 spiro atoms. The van der Waals surface area contributed by atoms with Crippen molar-refractivity contribution in [3.8, 4) is 0 Å². The van der Waals surface area contributed by atoms with E-state index in [4.69, 9.17) is 23.2 Å². The quantitative estimate of drug-likeness (QED) is 0.679. The number of hydrogen-bond donors (Lipinski definition) is 2. The first-order chi connectivity index (χ1) is 14.1. The summed E-state index contributed by atoms with van der Waals surface area (Å²) in [7, 11) is 0. The molecular formula is C20H18Cl2F3N3O2. The Bertz CT molecular complexity index is 969. The van der Waals surface area contributed by atoms with Gasteiger partial charge in [-0.3, -0.25) is 14.5 Å². The van der Waals surface area contributed by atoms with Gasteiger partial charge in [0.2, 0.25) is 11.8 Å². The van der Waals surface area contributed by atoms with E-state index in [1.165, 1.54) is 18.2 Å². The van der Waals surface area contributed by atoms with Crippen LogP contribution in [0, 0.1) is 0 Å². The van der Waals surface area contributed by atoms with Crippen molar-refractivity contribution in [2.45, 2.75) is 31.6 Å². The summed E-state index contributed by atoms with van der Waals surface area (Å²) in [6.07, 6.45) is -5.66. The molecule has 1 aliphatic rings. The molecule has 0 bridgehead atoms. The Balaban J connectivity index is 1.85. The first-order valence-corrected chi connectivity index (χ1v) is 9.79. The minimum Gasteiger partial charge on any atom is -0.324 e. The van der Waals surface area contributed by atoms with Gasteiger partial charge in [0.05, 0.1) is 34.4 Å². The summed E-state index contributed by atoms with van der Waals surface area (Å²) >= 11 is 11.9. The second kappa shape index (κ2) is 8.83. The molecule has 160 valence electrons. The van der Waals surface area contributed by atoms with Crippen molar-refractivity contribution in [3.05, 3.63) is 58.1 Å². The third kappa shape index (κ3) is 4.88. The average molecular weight is 460 g/mol. The number of rotatable bonds is 4. The Morgan fingerprint density at radius 2 is 1.93 bits per heavy atom. The standard InChI is InChI=1S/C20H18Cl2F3N3O2/c1-11(12-6-7-13(21)14(22)8-12)26-10-19(30)28-16-5-3-2-4-15(16)27-18(29)9-17(28)20(23,24)25/h2-8,11,17,26H,9-10H2,1H3,(H,27,29). The van der Waals surface area contributed by atoms with Gasteiger partial charge in [-0.25, -0.2) is 0 Å². The van der Waals surface area contributed by atoms with Crippen LogP contribution >= 0.6 is 23.2 Å². The molecule has 3 rings (SSSR count). The summed E-state index contributed by atoms with van der Waals surface area (Å²) in [5.41, 5.74) is 0.873. The van der Waals surface area contributed by atoms with Crippen LogP contribution in [0.15, 0.2) is 42.5 Å². The number of carbonyl (C=O) groups excluding carboxylic acids is 2. The molecule has 30 heavy (non-hydrogen) atoms. The number of anilines is 2. The highest BCUT2D eigenvalue weighted by Crippen LogP contribution is 2.37. The molecule has 1 heterocycles. The smallest absolute Gasteiger partial charge is 0.324 e. The Morgan fingerprint density at radius 1 is 1.23 bits per heavy atom. The van der Waals surface area contributed by atoms with E-state index in [1.54, 1.807) is 31.2 Å². The van der Waals surface area contributed by atoms with Crippen LogP contribution in [0.1, 0.15) is 24.9 Å². The lowest BCUT2D eigenvalue weighted by Gasteiger charge is -2.32. The number of alkyl halides is 3. The monoisotopic (exact) mass is 459 g/mol. The van der Waals surface area contributed by atoms with Gasteiger partial charge in [0.25, 0.3) is 0 Å². The predicted molar refractivity (Wildman–Crippen MR) is 110 cm³/mol. The van der Waals surface area contributed by atoms with E-state index in [0.29, 0.717) is 14.9 Å². The summed E-state index contributed by atoms with van der Waals surface area (Å²) in [6, 6.07) is 8.19. The molecule has 0 saturated heterocycles. The summed E-state index contributed by atoms with van der Waals surface area (Å²) in [5.74, 6) is -1.62. The van der Waals surface area contributed by atoms with Crippen LogP contribution in [0.5, 0.6) is 0 Å². The maximum atomic E-state index is 13.7. The molecule has 1 aliphatic heterocycles. The Kier molecular flexibility index (Phi) is 6.59. The van der Waals surface area contributed by atoms with Crippen LogP contribution in [0.3, 0.4) is 0 Å². The van der Waals surface area contributed by atoms with Gasteiger partial charge in [0.1, 0.15) is 6.04 Å². The molecule has 2 unspecified atom stereocenters. The summed E-state index contributed by atoms with van der Waals surface area (Å²) in [5, 5.41) is 6.04. The van der Waals surface area contributed by atoms with E-state index in [0.717, 1.165) is 5.56 Å². The van der Waals surface area contributed by atoms with Crippen molar-refractivity contribution < 1.29 is 22.8 Å². The third-order valence-electron chi connectivity index (χ3n) is 4.78. The van der Waals surface area contributed by atoms with Gasteiger partial charge >= 0.3 is 6.18 Å². The molecule has 2 N–H and O–H groups in total. The van der Waals surface area contributed by atoms with Gasteiger partial charge in [-0.15, -0.1) is 0 Å². The van der Waals surface area contributed by atoms with Crippen molar-refractivity contribution >= 4 is 46.4 Å². The third-order valence-corrected chi connectivity index (χ3v) is 5.52. The number of para-hydroxylation sites is 2. The maximum Gasteiger partial charge on any atom is 0.409 e. The first-order valence-electron chi connectivity index (χ1n) is 9.04. The fourth-order valence-corrected chi connectivity index (χ4v) is 3.53. The Morgan fingerprint density at radius 3 is 2.60 bits per heavy atom. The number of fused-ring (bicyclic) bond motifs is 1. The van der Waals surface area contributed by atoms with Crippen molar-refractivity contribution in [2.75, 3.05) is 16.8 Å². The topological polar surface area (TPSA) is 61.4 Å². The lowest BCUT2D eigenvalue weighted by molar-refractivity contribution is -0.157. The van der Waals surface area contributed by atoms with E-state index < -0.39 is 30.5 Å². The van der Waals surface area contributed by atoms with E-state index in [9.17, 15) is 22.8 Å². The highest BCUT2D eigenvalue weighted by Gasteiger charge is 2.48. The number of hydrogen-bond acceptors (Lipinski definition) is 3. The summed E-state index contributed by atoms with van der Waals surface area (Å²) < 4.78 is 41.2. The van der Waals surface area contributed by atoms with E-state index >= 15 is 0 Å². The van der Waals surface area contributed by atoms with Crippen LogP contribution in [-0.4, -0.2) is 30.6 Å². The zero-order valence-electron chi connectivity index (χ0n) is 15.8. The normalized spacial score (nSPS) is 17.7. The van der Waals surface area contributed by atoms with E-state index in [1.807, 2.05) is 0 Å². The van der Waals surface area contributed by atoms with Crippen molar-refractivity contribution in [3.63, 3.8) is 0 Å². The van der Waals surface area contributed by atoms with Crippen molar-refractivity contribution in [1.82, 2.24) is 5.32 Å². The van der Waals surface area contributed by atoms with Crippen LogP contribution in [0.2, 0.25) is 10.0 Å². The lowest BCUT2D eigenvalue weighted by Crippen LogP contribution is -2.52. The number of benzene rings is 2. The van der Waals surface area contributed by atoms with Crippen LogP contribution in [0.25, 0.3) is 0 Å². The highest BCUT2D eigenvalue weighted by molar-refractivity contribution is 6.42. The van der Waals surface area contributed by atoms with Crippen LogP contribution < -0.4 is 15.5 Å². The maximum absolute atomic E-state index is 13.7.